The van der Waals surface area contributed by atoms with Crippen molar-refractivity contribution in [2.75, 3.05) is 49.6 Å². The molecule has 196 valence electrons. The molecule has 2 aliphatic rings. The minimum Gasteiger partial charge on any atom is -0.378 e. The molecule has 0 aliphatic carbocycles. The van der Waals surface area contributed by atoms with Crippen molar-refractivity contribution in [3.05, 3.63) is 72.2 Å². The summed E-state index contributed by atoms with van der Waals surface area (Å²) in [5.41, 5.74) is 11.4. The van der Waals surface area contributed by atoms with E-state index < -0.39 is 0 Å². The first-order chi connectivity index (χ1) is 18.6. The first kappa shape index (κ1) is 24.5. The summed E-state index contributed by atoms with van der Waals surface area (Å²) in [6.07, 6.45) is 5.73. The number of likely N-dealkylation sites (tertiary alicyclic amines) is 1. The number of carbonyl (C=O) groups excluding carboxylic acids is 1. The number of nitrogens with two attached hydrogens (primary N) is 1. The smallest absolute Gasteiger partial charge is 0.274 e. The molecule has 4 N–H and O–H groups in total. The Morgan fingerprint density at radius 3 is 2.68 bits per heavy atom. The molecule has 5 heterocycles. The number of ether oxygens (including phenoxy) is 1. The van der Waals surface area contributed by atoms with Gasteiger partial charge in [-0.2, -0.15) is 0 Å². The van der Waals surface area contributed by atoms with Crippen LogP contribution in [0.2, 0.25) is 0 Å². The number of piperidine rings is 1. The number of aromatic amines is 1. The molecule has 0 saturated carbocycles. The number of pyridine rings is 2. The van der Waals surface area contributed by atoms with Gasteiger partial charge in [-0.25, -0.2) is 4.98 Å². The van der Waals surface area contributed by atoms with Gasteiger partial charge in [-0.05, 0) is 66.9 Å². The molecule has 1 amide bonds. The molecule has 3 aromatic heterocycles. The SMILES string of the molecule is N[C@@H]1CCCN(Cc2ccnc(C(=O)Nc3ccc(-c4cc5c(N6CCOCC6)nccc5[nH]4)cc3)c2)C1. The number of nitrogens with zero attached hydrogens (tertiary/aromatic N) is 4. The number of carbonyl (C=O) groups is 1. The van der Waals surface area contributed by atoms with Crippen molar-refractivity contribution in [3.8, 4) is 11.3 Å². The number of hydrogen-bond acceptors (Lipinski definition) is 7. The summed E-state index contributed by atoms with van der Waals surface area (Å²) >= 11 is 0. The maximum Gasteiger partial charge on any atom is 0.274 e. The first-order valence-corrected chi connectivity index (χ1v) is 13.3. The number of hydrogen-bond donors (Lipinski definition) is 3. The Morgan fingerprint density at radius 1 is 1.05 bits per heavy atom. The highest BCUT2D eigenvalue weighted by Gasteiger charge is 2.19. The van der Waals surface area contributed by atoms with Gasteiger partial charge in [0.05, 0.1) is 18.7 Å². The van der Waals surface area contributed by atoms with Crippen molar-refractivity contribution in [1.82, 2.24) is 19.9 Å². The van der Waals surface area contributed by atoms with Crippen molar-refractivity contribution in [2.45, 2.75) is 25.4 Å². The van der Waals surface area contributed by atoms with Crippen LogP contribution in [0, 0.1) is 0 Å². The van der Waals surface area contributed by atoms with Gasteiger partial charge in [0.25, 0.3) is 5.91 Å². The van der Waals surface area contributed by atoms with Crippen molar-refractivity contribution < 1.29 is 9.53 Å². The molecule has 9 nitrogen and oxygen atoms in total. The zero-order valence-corrected chi connectivity index (χ0v) is 21.4. The van der Waals surface area contributed by atoms with Gasteiger partial charge in [-0.1, -0.05) is 12.1 Å². The predicted molar refractivity (Wildman–Crippen MR) is 149 cm³/mol. The number of nitrogens with one attached hydrogen (secondary N) is 2. The number of anilines is 2. The van der Waals surface area contributed by atoms with E-state index in [9.17, 15) is 4.79 Å². The number of H-pyrrole nitrogens is 1. The lowest BCUT2D eigenvalue weighted by atomic mass is 10.1. The van der Waals surface area contributed by atoms with E-state index >= 15 is 0 Å². The van der Waals surface area contributed by atoms with Gasteiger partial charge < -0.3 is 25.7 Å². The molecular formula is C29H33N7O2. The Morgan fingerprint density at radius 2 is 1.87 bits per heavy atom. The van der Waals surface area contributed by atoms with Crippen LogP contribution in [-0.2, 0) is 11.3 Å². The Bertz CT molecular complexity index is 1410. The highest BCUT2D eigenvalue weighted by atomic mass is 16.5. The standard InChI is InChI=1S/C29H33N7O2/c30-22-2-1-11-35(19-22)18-20-7-9-31-27(16-20)29(37)33-23-5-3-21(4-6-23)26-17-24-25(34-26)8-10-32-28(24)36-12-14-38-15-13-36/h3-10,16-17,22,34H,1-2,11-15,18-19,30H2,(H,33,37)/t22-/m1/s1. The molecule has 9 heteroatoms. The monoisotopic (exact) mass is 511 g/mol. The number of amides is 1. The third kappa shape index (κ3) is 5.40. The summed E-state index contributed by atoms with van der Waals surface area (Å²) in [6.45, 7) is 5.81. The molecule has 6 rings (SSSR count). The van der Waals surface area contributed by atoms with Gasteiger partial charge in [0.2, 0.25) is 0 Å². The lowest BCUT2D eigenvalue weighted by molar-refractivity contribution is 0.102. The molecule has 2 fully saturated rings. The molecule has 2 aliphatic heterocycles. The van der Waals surface area contributed by atoms with E-state index in [2.05, 4.69) is 36.1 Å². The van der Waals surface area contributed by atoms with Crippen molar-refractivity contribution in [1.29, 1.82) is 0 Å². The summed E-state index contributed by atoms with van der Waals surface area (Å²) in [5, 5.41) is 4.08. The molecule has 38 heavy (non-hydrogen) atoms. The van der Waals surface area contributed by atoms with E-state index in [1.807, 2.05) is 48.7 Å². The van der Waals surface area contributed by atoms with Crippen LogP contribution in [0.1, 0.15) is 28.9 Å². The maximum absolute atomic E-state index is 12.9. The number of fused-ring (bicyclic) bond motifs is 1. The Hall–Kier alpha value is -3.79. The van der Waals surface area contributed by atoms with Crippen LogP contribution < -0.4 is 16.0 Å². The third-order valence-corrected chi connectivity index (χ3v) is 7.30. The fourth-order valence-electron chi connectivity index (χ4n) is 5.34. The fraction of sp³-hybridized carbons (Fsp3) is 0.345. The maximum atomic E-state index is 12.9. The van der Waals surface area contributed by atoms with E-state index in [0.29, 0.717) is 5.69 Å². The molecule has 0 bridgehead atoms. The molecule has 0 spiro atoms. The van der Waals surface area contributed by atoms with Crippen molar-refractivity contribution >= 4 is 28.3 Å². The molecule has 1 atom stereocenters. The second-order valence-corrected chi connectivity index (χ2v) is 10.1. The summed E-state index contributed by atoms with van der Waals surface area (Å²) in [4.78, 5) is 30.0. The molecular weight excluding hydrogens is 478 g/mol. The lowest BCUT2D eigenvalue weighted by Crippen LogP contribution is -2.42. The number of aromatic nitrogens is 3. The van der Waals surface area contributed by atoms with Gasteiger partial charge in [0.1, 0.15) is 11.5 Å². The van der Waals surface area contributed by atoms with Gasteiger partial charge in [-0.15, -0.1) is 0 Å². The number of morpholine rings is 1. The Labute approximate surface area is 222 Å². The zero-order valence-electron chi connectivity index (χ0n) is 21.4. The summed E-state index contributed by atoms with van der Waals surface area (Å²) < 4.78 is 5.50. The van der Waals surface area contributed by atoms with Crippen molar-refractivity contribution in [2.24, 2.45) is 5.73 Å². The van der Waals surface area contributed by atoms with Crippen LogP contribution in [0.4, 0.5) is 11.5 Å². The van der Waals surface area contributed by atoms with E-state index in [1.165, 1.54) is 0 Å². The Kier molecular flexibility index (Phi) is 7.04. The van der Waals surface area contributed by atoms with Crippen LogP contribution in [-0.4, -0.2) is 71.2 Å². The molecule has 2 saturated heterocycles. The minimum absolute atomic E-state index is 0.221. The van der Waals surface area contributed by atoms with E-state index in [-0.39, 0.29) is 11.9 Å². The third-order valence-electron chi connectivity index (χ3n) is 7.30. The van der Waals surface area contributed by atoms with Gasteiger partial charge >= 0.3 is 0 Å². The second-order valence-electron chi connectivity index (χ2n) is 10.1. The average Bonchev–Trinajstić information content (AvgIpc) is 3.39. The second kappa shape index (κ2) is 10.9. The highest BCUT2D eigenvalue weighted by molar-refractivity contribution is 6.03. The van der Waals surface area contributed by atoms with Gasteiger partial charge in [0.15, 0.2) is 0 Å². The van der Waals surface area contributed by atoms with Crippen LogP contribution in [0.5, 0.6) is 0 Å². The molecule has 0 unspecified atom stereocenters. The lowest BCUT2D eigenvalue weighted by Gasteiger charge is -2.30. The summed E-state index contributed by atoms with van der Waals surface area (Å²) in [5.74, 6) is 0.761. The number of rotatable bonds is 6. The van der Waals surface area contributed by atoms with E-state index in [1.54, 1.807) is 6.20 Å². The topological polar surface area (TPSA) is 112 Å². The first-order valence-electron chi connectivity index (χ1n) is 13.3. The van der Waals surface area contributed by atoms with Crippen LogP contribution >= 0.6 is 0 Å². The minimum atomic E-state index is -0.221. The highest BCUT2D eigenvalue weighted by Crippen LogP contribution is 2.30. The van der Waals surface area contributed by atoms with Crippen LogP contribution in [0.3, 0.4) is 0 Å². The number of benzene rings is 1. The average molecular weight is 512 g/mol. The molecule has 0 radical (unpaired) electrons. The van der Waals surface area contributed by atoms with Crippen LogP contribution in [0.15, 0.2) is 60.9 Å². The van der Waals surface area contributed by atoms with Gasteiger partial charge in [0, 0.05) is 61.4 Å². The van der Waals surface area contributed by atoms with E-state index in [4.69, 9.17) is 10.5 Å². The largest absolute Gasteiger partial charge is 0.378 e. The zero-order chi connectivity index (χ0) is 25.9. The fourth-order valence-corrected chi connectivity index (χ4v) is 5.34. The van der Waals surface area contributed by atoms with Crippen LogP contribution in [0.25, 0.3) is 22.2 Å². The quantitative estimate of drug-likeness (QED) is 0.362. The molecule has 4 aromatic rings. The summed E-state index contributed by atoms with van der Waals surface area (Å²) in [6, 6.07) is 16.0. The molecule has 1 aromatic carbocycles. The van der Waals surface area contributed by atoms with E-state index in [0.717, 1.165) is 98.0 Å². The predicted octanol–water partition coefficient (Wildman–Crippen LogP) is 3.64. The Balaban J connectivity index is 1.14. The normalized spacial score (nSPS) is 18.6. The van der Waals surface area contributed by atoms with Crippen molar-refractivity contribution in [3.63, 3.8) is 0 Å². The summed E-state index contributed by atoms with van der Waals surface area (Å²) in [7, 11) is 0. The van der Waals surface area contributed by atoms with Gasteiger partial charge in [-0.3, -0.25) is 14.7 Å².